The summed E-state index contributed by atoms with van der Waals surface area (Å²) < 4.78 is 2.01. The zero-order valence-electron chi connectivity index (χ0n) is 21.9. The van der Waals surface area contributed by atoms with E-state index in [1.54, 1.807) is 0 Å². The molecule has 3 aromatic rings. The predicted molar refractivity (Wildman–Crippen MR) is 141 cm³/mol. The molecule has 0 radical (unpaired) electrons. The molecule has 0 spiro atoms. The molecular formula is C28H38N6O. The molecule has 2 atom stereocenters. The summed E-state index contributed by atoms with van der Waals surface area (Å²) in [6.45, 7) is 13.3. The minimum absolute atomic E-state index is 0.225. The number of hydrogen-bond donors (Lipinski definition) is 1. The number of anilines is 2. The molecule has 2 aromatic heterocycles. The zero-order chi connectivity index (χ0) is 24.9. The quantitative estimate of drug-likeness (QED) is 0.599. The summed E-state index contributed by atoms with van der Waals surface area (Å²) in [5.74, 6) is 3.39. The van der Waals surface area contributed by atoms with Gasteiger partial charge in [0.25, 0.3) is 0 Å². The molecule has 1 saturated heterocycles. The molecule has 7 nitrogen and oxygen atoms in total. The standard InChI is InChI=1S/C28H38N6O/c1-17(2)24-15-25(32(6)31-24)33-12-11-23-22(16-33)28(34-13-10-21(35)14-20(34)5)30-27(29-23)26-18(3)8-7-9-19(26)4/h7-9,15,17,20-21,35H,10-14,16H2,1-6H3/t20-,21-/m0/s1. The molecule has 1 fully saturated rings. The van der Waals surface area contributed by atoms with Gasteiger partial charge in [-0.2, -0.15) is 5.10 Å². The molecule has 1 aromatic carbocycles. The van der Waals surface area contributed by atoms with Crippen molar-refractivity contribution < 1.29 is 5.11 Å². The van der Waals surface area contributed by atoms with E-state index < -0.39 is 0 Å². The number of benzene rings is 1. The van der Waals surface area contributed by atoms with E-state index in [0.717, 1.165) is 73.3 Å². The third kappa shape index (κ3) is 4.42. The van der Waals surface area contributed by atoms with Crippen molar-refractivity contribution in [2.45, 2.75) is 78.5 Å². The van der Waals surface area contributed by atoms with Crippen molar-refractivity contribution in [1.82, 2.24) is 19.7 Å². The lowest BCUT2D eigenvalue weighted by Gasteiger charge is -2.40. The molecule has 0 amide bonds. The monoisotopic (exact) mass is 474 g/mol. The van der Waals surface area contributed by atoms with E-state index in [9.17, 15) is 5.11 Å². The first-order valence-corrected chi connectivity index (χ1v) is 12.9. The lowest BCUT2D eigenvalue weighted by molar-refractivity contribution is 0.131. The summed E-state index contributed by atoms with van der Waals surface area (Å²) in [7, 11) is 2.03. The fourth-order valence-corrected chi connectivity index (χ4v) is 5.63. The maximum absolute atomic E-state index is 10.3. The Bertz CT molecular complexity index is 1210. The van der Waals surface area contributed by atoms with E-state index in [1.165, 1.54) is 16.7 Å². The van der Waals surface area contributed by atoms with Crippen molar-refractivity contribution in [3.8, 4) is 11.4 Å². The second-order valence-electron chi connectivity index (χ2n) is 10.7. The maximum atomic E-state index is 10.3. The summed E-state index contributed by atoms with van der Waals surface area (Å²) in [4.78, 5) is 15.2. The van der Waals surface area contributed by atoms with Crippen molar-refractivity contribution in [2.24, 2.45) is 7.05 Å². The Balaban J connectivity index is 1.60. The topological polar surface area (TPSA) is 70.3 Å². The first-order chi connectivity index (χ1) is 16.7. The van der Waals surface area contributed by atoms with Gasteiger partial charge in [0.2, 0.25) is 0 Å². The van der Waals surface area contributed by atoms with Crippen LogP contribution in [0.1, 0.15) is 67.6 Å². The van der Waals surface area contributed by atoms with E-state index in [4.69, 9.17) is 15.1 Å². The molecule has 0 unspecified atom stereocenters. The van der Waals surface area contributed by atoms with Crippen LogP contribution in [0.15, 0.2) is 24.3 Å². The second-order valence-corrected chi connectivity index (χ2v) is 10.7. The van der Waals surface area contributed by atoms with Crippen molar-refractivity contribution in [1.29, 1.82) is 0 Å². The highest BCUT2D eigenvalue weighted by molar-refractivity contribution is 5.68. The molecule has 4 heterocycles. The van der Waals surface area contributed by atoms with Crippen LogP contribution in [-0.4, -0.2) is 50.1 Å². The Kier molecular flexibility index (Phi) is 6.30. The third-order valence-corrected chi connectivity index (χ3v) is 7.65. The maximum Gasteiger partial charge on any atom is 0.162 e. The zero-order valence-corrected chi connectivity index (χ0v) is 21.9. The Labute approximate surface area is 208 Å². The van der Waals surface area contributed by atoms with E-state index in [1.807, 2.05) is 11.7 Å². The fraction of sp³-hybridized carbons (Fsp3) is 0.536. The fourth-order valence-electron chi connectivity index (χ4n) is 5.63. The van der Waals surface area contributed by atoms with Crippen LogP contribution in [0.4, 0.5) is 11.6 Å². The first-order valence-electron chi connectivity index (χ1n) is 12.9. The molecule has 5 rings (SSSR count). The number of nitrogens with zero attached hydrogens (tertiary/aromatic N) is 6. The minimum Gasteiger partial charge on any atom is -0.393 e. The van der Waals surface area contributed by atoms with Gasteiger partial charge in [0, 0.05) is 56.3 Å². The average molecular weight is 475 g/mol. The molecule has 35 heavy (non-hydrogen) atoms. The van der Waals surface area contributed by atoms with Gasteiger partial charge in [-0.05, 0) is 50.7 Å². The smallest absolute Gasteiger partial charge is 0.162 e. The van der Waals surface area contributed by atoms with Gasteiger partial charge in [-0.15, -0.1) is 0 Å². The number of aromatic nitrogens is 4. The molecule has 1 N–H and O–H groups in total. The van der Waals surface area contributed by atoms with Crippen LogP contribution < -0.4 is 9.80 Å². The predicted octanol–water partition coefficient (Wildman–Crippen LogP) is 4.53. The molecule has 2 aliphatic heterocycles. The van der Waals surface area contributed by atoms with E-state index >= 15 is 0 Å². The van der Waals surface area contributed by atoms with Gasteiger partial charge >= 0.3 is 0 Å². The van der Waals surface area contributed by atoms with Gasteiger partial charge in [0.1, 0.15) is 11.6 Å². The summed E-state index contributed by atoms with van der Waals surface area (Å²) >= 11 is 0. The highest BCUT2D eigenvalue weighted by Crippen LogP contribution is 2.36. The van der Waals surface area contributed by atoms with Gasteiger partial charge in [0.15, 0.2) is 5.82 Å². The Morgan fingerprint density at radius 3 is 2.49 bits per heavy atom. The van der Waals surface area contributed by atoms with Gasteiger partial charge in [0.05, 0.1) is 17.5 Å². The normalized spacial score (nSPS) is 20.5. The minimum atomic E-state index is -0.239. The SMILES string of the molecule is Cc1cccc(C)c1-c1nc2c(c(N3CC[C@H](O)C[C@@H]3C)n1)CN(c1cc(C(C)C)nn1C)CC2. The molecule has 2 aliphatic rings. The van der Waals surface area contributed by atoms with Crippen LogP contribution in [0, 0.1) is 13.8 Å². The highest BCUT2D eigenvalue weighted by atomic mass is 16.3. The van der Waals surface area contributed by atoms with Crippen molar-refractivity contribution in [3.05, 3.63) is 52.3 Å². The number of aryl methyl sites for hydroxylation is 3. The van der Waals surface area contributed by atoms with Gasteiger partial charge in [-0.1, -0.05) is 32.0 Å². The van der Waals surface area contributed by atoms with Gasteiger partial charge < -0.3 is 14.9 Å². The number of aliphatic hydroxyl groups is 1. The van der Waals surface area contributed by atoms with Crippen molar-refractivity contribution >= 4 is 11.6 Å². The number of aliphatic hydroxyl groups excluding tert-OH is 1. The van der Waals surface area contributed by atoms with Gasteiger partial charge in [-0.25, -0.2) is 9.97 Å². The van der Waals surface area contributed by atoms with Crippen LogP contribution in [0.3, 0.4) is 0 Å². The molecular weight excluding hydrogens is 436 g/mol. The third-order valence-electron chi connectivity index (χ3n) is 7.65. The molecule has 7 heteroatoms. The lowest BCUT2D eigenvalue weighted by Crippen LogP contribution is -2.45. The summed E-state index contributed by atoms with van der Waals surface area (Å²) in [6, 6.07) is 8.82. The Hall–Kier alpha value is -2.93. The van der Waals surface area contributed by atoms with Crippen LogP contribution in [0.5, 0.6) is 0 Å². The Morgan fingerprint density at radius 2 is 1.83 bits per heavy atom. The summed E-state index contributed by atoms with van der Waals surface area (Å²) in [5, 5.41) is 15.0. The van der Waals surface area contributed by atoms with Crippen LogP contribution in [0.2, 0.25) is 0 Å². The highest BCUT2D eigenvalue weighted by Gasteiger charge is 2.32. The number of rotatable bonds is 4. The van der Waals surface area contributed by atoms with Gasteiger partial charge in [-0.3, -0.25) is 4.68 Å². The molecule has 0 saturated carbocycles. The molecule has 0 aliphatic carbocycles. The van der Waals surface area contributed by atoms with E-state index in [-0.39, 0.29) is 12.1 Å². The van der Waals surface area contributed by atoms with Crippen LogP contribution >= 0.6 is 0 Å². The molecule has 186 valence electrons. The van der Waals surface area contributed by atoms with Crippen molar-refractivity contribution in [3.63, 3.8) is 0 Å². The summed E-state index contributed by atoms with van der Waals surface area (Å²) in [6.07, 6.45) is 2.17. The van der Waals surface area contributed by atoms with E-state index in [0.29, 0.717) is 5.92 Å². The average Bonchev–Trinajstić information content (AvgIpc) is 3.20. The largest absolute Gasteiger partial charge is 0.393 e. The lowest BCUT2D eigenvalue weighted by atomic mass is 9.97. The van der Waals surface area contributed by atoms with Crippen molar-refractivity contribution in [2.75, 3.05) is 22.9 Å². The Morgan fingerprint density at radius 1 is 1.09 bits per heavy atom. The molecule has 0 bridgehead atoms. The van der Waals surface area contributed by atoms with E-state index in [2.05, 4.69) is 68.7 Å². The number of hydrogen-bond acceptors (Lipinski definition) is 6. The number of piperidine rings is 1. The number of fused-ring (bicyclic) bond motifs is 1. The summed E-state index contributed by atoms with van der Waals surface area (Å²) in [5.41, 5.74) is 7.01. The second kappa shape index (κ2) is 9.26. The van der Waals surface area contributed by atoms with Crippen LogP contribution in [-0.2, 0) is 20.0 Å². The van der Waals surface area contributed by atoms with Crippen LogP contribution in [0.25, 0.3) is 11.4 Å². The first kappa shape index (κ1) is 23.8.